The summed E-state index contributed by atoms with van der Waals surface area (Å²) >= 11 is 12.2. The van der Waals surface area contributed by atoms with Crippen molar-refractivity contribution in [1.29, 1.82) is 0 Å². The number of hydrazine groups is 1. The molecule has 0 radical (unpaired) electrons. The average Bonchev–Trinajstić information content (AvgIpc) is 3.06. The molecule has 6 nitrogen and oxygen atoms in total. The Kier molecular flexibility index (Phi) is 3.59. The summed E-state index contributed by atoms with van der Waals surface area (Å²) in [5.41, 5.74) is 2.99. The number of aromatic nitrogens is 2. The Labute approximate surface area is 129 Å². The molecule has 1 amide bonds. The Morgan fingerprint density at radius 2 is 2.19 bits per heavy atom. The number of nitrogens with two attached hydrogens (primary N) is 1. The fourth-order valence-electron chi connectivity index (χ4n) is 2.09. The van der Waals surface area contributed by atoms with E-state index in [1.54, 1.807) is 6.07 Å². The summed E-state index contributed by atoms with van der Waals surface area (Å²) in [5.74, 6) is 5.05. The minimum atomic E-state index is -0.506. The summed E-state index contributed by atoms with van der Waals surface area (Å²) in [4.78, 5) is 11.3. The molecule has 2 aromatic heterocycles. The molecule has 0 aliphatic carbocycles. The van der Waals surface area contributed by atoms with Crippen molar-refractivity contribution in [1.82, 2.24) is 15.1 Å². The number of hydrogen-bond acceptors (Lipinski definition) is 4. The highest BCUT2D eigenvalue weighted by Crippen LogP contribution is 2.29. The van der Waals surface area contributed by atoms with Gasteiger partial charge in [0.2, 0.25) is 0 Å². The Balaban J connectivity index is 1.95. The van der Waals surface area contributed by atoms with Crippen molar-refractivity contribution >= 4 is 40.0 Å². The van der Waals surface area contributed by atoms with E-state index in [0.717, 1.165) is 10.9 Å². The van der Waals surface area contributed by atoms with Gasteiger partial charge in [-0.25, -0.2) is 5.84 Å². The molecular formula is C13H10Cl2N4O2. The van der Waals surface area contributed by atoms with Gasteiger partial charge in [-0.3, -0.25) is 10.2 Å². The number of carbonyl (C=O) groups excluding carboxylic acids is 1. The summed E-state index contributed by atoms with van der Waals surface area (Å²) < 4.78 is 7.02. The molecule has 3 N–H and O–H groups in total. The lowest BCUT2D eigenvalue weighted by atomic mass is 10.2. The monoisotopic (exact) mass is 324 g/mol. The largest absolute Gasteiger partial charge is 0.359 e. The lowest BCUT2D eigenvalue weighted by Gasteiger charge is -2.03. The third-order valence-corrected chi connectivity index (χ3v) is 3.58. The van der Waals surface area contributed by atoms with Crippen LogP contribution in [0.1, 0.15) is 16.2 Å². The van der Waals surface area contributed by atoms with E-state index in [2.05, 4.69) is 5.16 Å². The molecule has 0 bridgehead atoms. The fourth-order valence-corrected chi connectivity index (χ4v) is 2.64. The summed E-state index contributed by atoms with van der Waals surface area (Å²) in [6.45, 7) is 0.394. The predicted molar refractivity (Wildman–Crippen MR) is 79.2 cm³/mol. The molecule has 0 saturated carbocycles. The van der Waals surface area contributed by atoms with Crippen LogP contribution in [-0.2, 0) is 6.54 Å². The zero-order valence-corrected chi connectivity index (χ0v) is 12.1. The standard InChI is InChI=1S/C13H10Cl2N4O2/c14-7-3-10(15)9-1-2-19(12(9)4-7)6-8-5-11(18-21-8)13(20)17-16/h1-5H,6,16H2,(H,17,20). The van der Waals surface area contributed by atoms with Crippen LogP contribution in [0.15, 0.2) is 35.0 Å². The van der Waals surface area contributed by atoms with Gasteiger partial charge in [-0.1, -0.05) is 28.4 Å². The molecule has 3 rings (SSSR count). The second kappa shape index (κ2) is 5.40. The van der Waals surface area contributed by atoms with Gasteiger partial charge in [0, 0.05) is 22.7 Å². The lowest BCUT2D eigenvalue weighted by Crippen LogP contribution is -2.30. The van der Waals surface area contributed by atoms with Gasteiger partial charge in [0.05, 0.1) is 17.1 Å². The van der Waals surface area contributed by atoms with Gasteiger partial charge >= 0.3 is 0 Å². The second-order valence-electron chi connectivity index (χ2n) is 4.42. The van der Waals surface area contributed by atoms with Crippen LogP contribution in [-0.4, -0.2) is 15.6 Å². The molecule has 108 valence electrons. The highest BCUT2D eigenvalue weighted by molar-refractivity contribution is 6.38. The number of rotatable bonds is 3. The van der Waals surface area contributed by atoms with Gasteiger partial charge < -0.3 is 9.09 Å². The Morgan fingerprint density at radius 1 is 1.38 bits per heavy atom. The number of nitrogens with zero attached hydrogens (tertiary/aromatic N) is 2. The molecule has 0 saturated heterocycles. The zero-order chi connectivity index (χ0) is 15.0. The van der Waals surface area contributed by atoms with Crippen LogP contribution in [0.3, 0.4) is 0 Å². The van der Waals surface area contributed by atoms with Crippen molar-refractivity contribution in [2.75, 3.05) is 0 Å². The highest BCUT2D eigenvalue weighted by atomic mass is 35.5. The number of amides is 1. The highest BCUT2D eigenvalue weighted by Gasteiger charge is 2.13. The number of carbonyl (C=O) groups is 1. The first kappa shape index (κ1) is 13.9. The molecule has 21 heavy (non-hydrogen) atoms. The molecule has 1 aromatic carbocycles. The van der Waals surface area contributed by atoms with Gasteiger partial charge in [0.25, 0.3) is 5.91 Å². The maximum atomic E-state index is 11.3. The van der Waals surface area contributed by atoms with Gasteiger partial charge in [0.1, 0.15) is 0 Å². The third-order valence-electron chi connectivity index (χ3n) is 3.05. The second-order valence-corrected chi connectivity index (χ2v) is 5.26. The van der Waals surface area contributed by atoms with E-state index in [9.17, 15) is 4.79 Å². The van der Waals surface area contributed by atoms with E-state index in [0.29, 0.717) is 22.4 Å². The van der Waals surface area contributed by atoms with Crippen LogP contribution in [0.2, 0.25) is 10.0 Å². The number of benzene rings is 1. The van der Waals surface area contributed by atoms with Crippen LogP contribution in [0, 0.1) is 0 Å². The predicted octanol–water partition coefficient (Wildman–Crippen LogP) is 2.59. The van der Waals surface area contributed by atoms with Crippen LogP contribution in [0.25, 0.3) is 10.9 Å². The molecule has 0 spiro atoms. The molecule has 0 aliphatic rings. The summed E-state index contributed by atoms with van der Waals surface area (Å²) in [6.07, 6.45) is 1.86. The topological polar surface area (TPSA) is 86.1 Å². The van der Waals surface area contributed by atoms with E-state index in [4.69, 9.17) is 33.6 Å². The van der Waals surface area contributed by atoms with Crippen LogP contribution in [0.4, 0.5) is 0 Å². The van der Waals surface area contributed by atoms with Gasteiger partial charge in [0.15, 0.2) is 11.5 Å². The van der Waals surface area contributed by atoms with E-state index in [-0.39, 0.29) is 5.69 Å². The molecule has 0 aliphatic heterocycles. The first-order chi connectivity index (χ1) is 10.1. The smallest absolute Gasteiger partial charge is 0.287 e. The molecule has 3 aromatic rings. The first-order valence-corrected chi connectivity index (χ1v) is 6.74. The van der Waals surface area contributed by atoms with Gasteiger partial charge in [-0.05, 0) is 18.2 Å². The van der Waals surface area contributed by atoms with E-state index < -0.39 is 5.91 Å². The third kappa shape index (κ3) is 2.61. The number of fused-ring (bicyclic) bond motifs is 1. The quantitative estimate of drug-likeness (QED) is 0.440. The molecule has 0 unspecified atom stereocenters. The summed E-state index contributed by atoms with van der Waals surface area (Å²) in [5, 5.41) is 5.67. The zero-order valence-electron chi connectivity index (χ0n) is 10.6. The van der Waals surface area contributed by atoms with Crippen LogP contribution in [0.5, 0.6) is 0 Å². The van der Waals surface area contributed by atoms with Crippen LogP contribution < -0.4 is 11.3 Å². The first-order valence-electron chi connectivity index (χ1n) is 5.99. The minimum absolute atomic E-state index is 0.125. The molecule has 0 atom stereocenters. The summed E-state index contributed by atoms with van der Waals surface area (Å²) in [7, 11) is 0. The van der Waals surface area contributed by atoms with E-state index >= 15 is 0 Å². The van der Waals surface area contributed by atoms with Gasteiger partial charge in [-0.15, -0.1) is 0 Å². The van der Waals surface area contributed by atoms with Crippen molar-refractivity contribution in [3.63, 3.8) is 0 Å². The normalized spacial score (nSPS) is 11.0. The van der Waals surface area contributed by atoms with E-state index in [1.165, 1.54) is 6.07 Å². The summed E-state index contributed by atoms with van der Waals surface area (Å²) in [6, 6.07) is 6.92. The van der Waals surface area contributed by atoms with Crippen molar-refractivity contribution in [3.8, 4) is 0 Å². The number of nitrogen functional groups attached to an aromatic ring is 1. The fraction of sp³-hybridized carbons (Fsp3) is 0.0769. The van der Waals surface area contributed by atoms with Gasteiger partial charge in [-0.2, -0.15) is 0 Å². The number of halogens is 2. The van der Waals surface area contributed by atoms with Crippen molar-refractivity contribution in [2.24, 2.45) is 5.84 Å². The van der Waals surface area contributed by atoms with E-state index in [1.807, 2.05) is 28.3 Å². The Hall–Kier alpha value is -2.02. The number of hydrogen-bond donors (Lipinski definition) is 2. The molecule has 8 heteroatoms. The maximum Gasteiger partial charge on any atom is 0.287 e. The van der Waals surface area contributed by atoms with Crippen molar-refractivity contribution in [3.05, 3.63) is 52.0 Å². The molecule has 0 fully saturated rings. The molecule has 2 heterocycles. The average molecular weight is 325 g/mol. The Bertz CT molecular complexity index is 825. The SMILES string of the molecule is NNC(=O)c1cc(Cn2ccc3c(Cl)cc(Cl)cc32)on1. The Morgan fingerprint density at radius 3 is 2.95 bits per heavy atom. The lowest BCUT2D eigenvalue weighted by molar-refractivity contribution is 0.0944. The number of nitrogens with one attached hydrogen (secondary N) is 1. The van der Waals surface area contributed by atoms with Crippen molar-refractivity contribution < 1.29 is 9.32 Å². The molecular weight excluding hydrogens is 315 g/mol. The van der Waals surface area contributed by atoms with Crippen molar-refractivity contribution in [2.45, 2.75) is 6.54 Å². The maximum absolute atomic E-state index is 11.3. The minimum Gasteiger partial charge on any atom is -0.359 e. The van der Waals surface area contributed by atoms with Crippen LogP contribution >= 0.6 is 23.2 Å².